The molecule has 1 unspecified atom stereocenters. The van der Waals surface area contributed by atoms with Crippen molar-refractivity contribution < 1.29 is 18.0 Å². The number of amides is 1. The lowest BCUT2D eigenvalue weighted by Gasteiger charge is -2.31. The highest BCUT2D eigenvalue weighted by Crippen LogP contribution is 2.47. The molecule has 0 radical (unpaired) electrons. The fourth-order valence-corrected chi connectivity index (χ4v) is 7.14. The molecule has 5 aromatic rings. The van der Waals surface area contributed by atoms with E-state index >= 15 is 8.78 Å². The SMILES string of the molecule is C=CC(=O)N1Cc2cc(-c3nc(-c4ccc5c(c4)nc(C)n5C)c4scc(F)c4c3C(C(=C)SC)=C(F)/C=C/F)nn2C(C)C1. The molecule has 7 nitrogen and oxygen atoms in total. The quantitative estimate of drug-likeness (QED) is 0.132. The van der Waals surface area contributed by atoms with Gasteiger partial charge in [0.05, 0.1) is 46.0 Å². The van der Waals surface area contributed by atoms with Crippen LogP contribution in [0.5, 0.6) is 0 Å². The average Bonchev–Trinajstić information content (AvgIpc) is 3.72. The number of rotatable bonds is 7. The number of hydrogen-bond donors (Lipinski definition) is 0. The second-order valence-electron chi connectivity index (χ2n) is 10.8. The van der Waals surface area contributed by atoms with E-state index in [1.165, 1.54) is 11.5 Å². The Bertz CT molecular complexity index is 2100. The number of thiophene rings is 1. The molecule has 230 valence electrons. The number of carbonyl (C=O) groups excluding carboxylic acids is 1. The lowest BCUT2D eigenvalue weighted by atomic mass is 9.95. The Balaban J connectivity index is 1.69. The van der Waals surface area contributed by atoms with E-state index in [2.05, 4.69) is 18.1 Å². The Morgan fingerprint density at radius 2 is 2.00 bits per heavy atom. The molecule has 0 N–H and O–H groups in total. The van der Waals surface area contributed by atoms with Crippen LogP contribution in [0.2, 0.25) is 0 Å². The molecule has 5 heterocycles. The minimum atomic E-state index is -0.926. The zero-order valence-electron chi connectivity index (χ0n) is 25.1. The third-order valence-corrected chi connectivity index (χ3v) is 9.72. The van der Waals surface area contributed by atoms with Crippen LogP contribution in [0.4, 0.5) is 13.2 Å². The van der Waals surface area contributed by atoms with Crippen LogP contribution in [0, 0.1) is 12.7 Å². The third kappa shape index (κ3) is 5.11. The van der Waals surface area contributed by atoms with Gasteiger partial charge in [0.2, 0.25) is 5.91 Å². The number of carbonyl (C=O) groups is 1. The number of aromatic nitrogens is 5. The van der Waals surface area contributed by atoms with E-state index < -0.39 is 11.6 Å². The first-order valence-corrected chi connectivity index (χ1v) is 16.1. The average molecular weight is 647 g/mol. The Hall–Kier alpha value is -4.42. The molecule has 0 saturated carbocycles. The Labute approximate surface area is 266 Å². The van der Waals surface area contributed by atoms with Gasteiger partial charge in [-0.15, -0.1) is 23.1 Å². The number of benzene rings is 1. The van der Waals surface area contributed by atoms with Crippen LogP contribution in [0.3, 0.4) is 0 Å². The van der Waals surface area contributed by atoms with Crippen LogP contribution in [-0.4, -0.2) is 47.9 Å². The second-order valence-corrected chi connectivity index (χ2v) is 12.6. The number of hydrogen-bond acceptors (Lipinski definition) is 6. The van der Waals surface area contributed by atoms with Crippen LogP contribution in [-0.2, 0) is 18.4 Å². The predicted octanol–water partition coefficient (Wildman–Crippen LogP) is 8.29. The number of fused-ring (bicyclic) bond motifs is 3. The second kappa shape index (κ2) is 11.8. The fourth-order valence-electron chi connectivity index (χ4n) is 5.81. The molecule has 0 fully saturated rings. The van der Waals surface area contributed by atoms with Gasteiger partial charge in [0, 0.05) is 52.0 Å². The van der Waals surface area contributed by atoms with Gasteiger partial charge in [-0.3, -0.25) is 9.48 Å². The molecule has 0 spiro atoms. The first-order chi connectivity index (χ1) is 21.6. The molecule has 4 aromatic heterocycles. The molecule has 1 aliphatic rings. The maximum atomic E-state index is 16.0. The third-order valence-electron chi connectivity index (χ3n) is 8.07. The largest absolute Gasteiger partial charge is 0.331 e. The van der Waals surface area contributed by atoms with Crippen molar-refractivity contribution in [2.75, 3.05) is 12.8 Å². The summed E-state index contributed by atoms with van der Waals surface area (Å²) in [5, 5.41) is 6.34. The molecule has 0 saturated heterocycles. The van der Waals surface area contributed by atoms with Crippen molar-refractivity contribution in [1.82, 2.24) is 29.2 Å². The molecule has 1 aliphatic heterocycles. The van der Waals surface area contributed by atoms with E-state index in [-0.39, 0.29) is 51.9 Å². The Morgan fingerprint density at radius 3 is 2.71 bits per heavy atom. The molecule has 1 atom stereocenters. The summed E-state index contributed by atoms with van der Waals surface area (Å²) in [7, 11) is 1.93. The van der Waals surface area contributed by atoms with Crippen molar-refractivity contribution in [2.24, 2.45) is 7.05 Å². The molecule has 0 aliphatic carbocycles. The van der Waals surface area contributed by atoms with Crippen LogP contribution in [0.15, 0.2) is 72.0 Å². The highest BCUT2D eigenvalue weighted by Gasteiger charge is 2.31. The van der Waals surface area contributed by atoms with Crippen molar-refractivity contribution >= 4 is 55.7 Å². The van der Waals surface area contributed by atoms with Crippen LogP contribution in [0.25, 0.3) is 49.3 Å². The summed E-state index contributed by atoms with van der Waals surface area (Å²) in [6.07, 6.45) is 3.76. The summed E-state index contributed by atoms with van der Waals surface area (Å²) in [6, 6.07) is 7.32. The van der Waals surface area contributed by atoms with Crippen molar-refractivity contribution in [1.29, 1.82) is 0 Å². The van der Waals surface area contributed by atoms with Gasteiger partial charge >= 0.3 is 0 Å². The first kappa shape index (κ1) is 30.6. The van der Waals surface area contributed by atoms with Gasteiger partial charge < -0.3 is 9.47 Å². The zero-order valence-corrected chi connectivity index (χ0v) is 26.7. The monoisotopic (exact) mass is 646 g/mol. The molecular formula is C33H29F3N6OS2. The summed E-state index contributed by atoms with van der Waals surface area (Å²) in [4.78, 5) is 24.1. The van der Waals surface area contributed by atoms with Crippen LogP contribution < -0.4 is 0 Å². The van der Waals surface area contributed by atoms with E-state index in [0.29, 0.717) is 34.3 Å². The van der Waals surface area contributed by atoms with E-state index in [1.807, 2.05) is 43.7 Å². The minimum Gasteiger partial charge on any atom is -0.331 e. The molecular weight excluding hydrogens is 618 g/mol. The normalized spacial score (nSPS) is 15.6. The highest BCUT2D eigenvalue weighted by molar-refractivity contribution is 8.02. The topological polar surface area (TPSA) is 68.8 Å². The predicted molar refractivity (Wildman–Crippen MR) is 176 cm³/mol. The zero-order chi connectivity index (χ0) is 32.2. The molecule has 1 amide bonds. The lowest BCUT2D eigenvalue weighted by Crippen LogP contribution is -2.39. The number of pyridine rings is 1. The Morgan fingerprint density at radius 1 is 1.22 bits per heavy atom. The van der Waals surface area contributed by atoms with Crippen LogP contribution in [0.1, 0.15) is 30.0 Å². The van der Waals surface area contributed by atoms with Gasteiger partial charge in [-0.05, 0) is 44.4 Å². The van der Waals surface area contributed by atoms with E-state index in [1.54, 1.807) is 21.9 Å². The van der Waals surface area contributed by atoms with Crippen molar-refractivity contribution in [3.8, 4) is 22.6 Å². The number of nitrogens with zero attached hydrogens (tertiary/aromatic N) is 6. The van der Waals surface area contributed by atoms with E-state index in [9.17, 15) is 9.18 Å². The van der Waals surface area contributed by atoms with Gasteiger partial charge in [-0.25, -0.2) is 23.1 Å². The summed E-state index contributed by atoms with van der Waals surface area (Å²) < 4.78 is 49.4. The van der Waals surface area contributed by atoms with Gasteiger partial charge in [0.15, 0.2) is 0 Å². The number of imidazole rings is 1. The molecule has 6 rings (SSSR count). The van der Waals surface area contributed by atoms with Crippen molar-refractivity contribution in [3.05, 3.63) is 94.9 Å². The highest BCUT2D eigenvalue weighted by atomic mass is 32.2. The van der Waals surface area contributed by atoms with E-state index in [0.717, 1.165) is 45.7 Å². The Kier molecular flexibility index (Phi) is 8.04. The standard InChI is InChI=1S/C33H29F3N6OS2/c1-7-27(43)41-14-17(2)42-21(15-41)13-25(39-42)32-30(28(18(3)44-6)22(35)10-11-34)29-23(36)16-45-33(29)31(38-32)20-8-9-26-24(12-20)37-19(4)40(26)5/h7-13,16-17H,1,3,14-15H2,2,4-6H3/b11-10+,28-22?. The van der Waals surface area contributed by atoms with Crippen molar-refractivity contribution in [2.45, 2.75) is 26.4 Å². The van der Waals surface area contributed by atoms with Gasteiger partial charge in [0.25, 0.3) is 0 Å². The smallest absolute Gasteiger partial charge is 0.246 e. The maximum Gasteiger partial charge on any atom is 0.246 e. The van der Waals surface area contributed by atoms with E-state index in [4.69, 9.17) is 10.1 Å². The number of allylic oxidation sites excluding steroid dienone is 3. The van der Waals surface area contributed by atoms with Gasteiger partial charge in [-0.1, -0.05) is 19.2 Å². The van der Waals surface area contributed by atoms with Gasteiger partial charge in [0.1, 0.15) is 28.9 Å². The first-order valence-electron chi connectivity index (χ1n) is 14.0. The van der Waals surface area contributed by atoms with Crippen molar-refractivity contribution in [3.63, 3.8) is 0 Å². The summed E-state index contributed by atoms with van der Waals surface area (Å²) in [5.74, 6) is -0.874. The number of aryl methyl sites for hydroxylation is 2. The molecule has 1 aromatic carbocycles. The summed E-state index contributed by atoms with van der Waals surface area (Å²) >= 11 is 2.30. The number of thioether (sulfide) groups is 1. The fraction of sp³-hybridized carbons (Fsp3) is 0.212. The maximum absolute atomic E-state index is 16.0. The number of halogens is 3. The molecule has 45 heavy (non-hydrogen) atoms. The van der Waals surface area contributed by atoms with Gasteiger partial charge in [-0.2, -0.15) is 5.10 Å². The summed E-state index contributed by atoms with van der Waals surface area (Å²) in [5.41, 5.74) is 4.17. The molecule has 12 heteroatoms. The summed E-state index contributed by atoms with van der Waals surface area (Å²) in [6.45, 7) is 12.2. The van der Waals surface area contributed by atoms with Crippen LogP contribution >= 0.6 is 23.1 Å². The minimum absolute atomic E-state index is 0.0777. The molecule has 0 bridgehead atoms. The lowest BCUT2D eigenvalue weighted by molar-refractivity contribution is -0.127.